The Morgan fingerprint density at radius 3 is 2.65 bits per heavy atom. The van der Waals surface area contributed by atoms with Crippen molar-refractivity contribution in [2.45, 2.75) is 19.0 Å². The van der Waals surface area contributed by atoms with Crippen LogP contribution in [0.15, 0.2) is 24.5 Å². The summed E-state index contributed by atoms with van der Waals surface area (Å²) in [5, 5.41) is 7.21. The summed E-state index contributed by atoms with van der Waals surface area (Å²) in [4.78, 5) is 24.3. The van der Waals surface area contributed by atoms with Crippen LogP contribution in [0, 0.1) is 6.92 Å². The largest absolute Gasteiger partial charge is 0.496 e. The number of carbonyl (C=O) groups is 1. The van der Waals surface area contributed by atoms with Crippen molar-refractivity contribution < 1.29 is 19.0 Å². The van der Waals surface area contributed by atoms with Gasteiger partial charge in [-0.3, -0.25) is 9.78 Å². The lowest BCUT2D eigenvalue weighted by atomic mass is 10.0. The molecule has 0 aliphatic carbocycles. The molecule has 1 saturated heterocycles. The maximum Gasteiger partial charge on any atom is 0.223 e. The molecule has 1 amide bonds. The third-order valence-corrected chi connectivity index (χ3v) is 5.66. The second kappa shape index (κ2) is 8.91. The first-order valence-electron chi connectivity index (χ1n) is 9.64. The molecule has 2 atom stereocenters. The van der Waals surface area contributed by atoms with Crippen molar-refractivity contribution in [3.8, 4) is 22.8 Å². The molecular formula is C21H22ClN5O4. The predicted molar refractivity (Wildman–Crippen MR) is 117 cm³/mol. The third-order valence-electron chi connectivity index (χ3n) is 5.28. The number of pyridine rings is 1. The number of amides is 1. The summed E-state index contributed by atoms with van der Waals surface area (Å²) in [7, 11) is 3.15. The highest BCUT2D eigenvalue weighted by Crippen LogP contribution is 2.42. The van der Waals surface area contributed by atoms with Gasteiger partial charge in [-0.25, -0.2) is 9.97 Å². The molecule has 9 nitrogen and oxygen atoms in total. The van der Waals surface area contributed by atoms with E-state index in [0.717, 1.165) is 16.5 Å². The Morgan fingerprint density at radius 1 is 1.13 bits per heavy atom. The molecule has 3 heterocycles. The van der Waals surface area contributed by atoms with Crippen LogP contribution in [0.25, 0.3) is 22.2 Å². The molecule has 4 rings (SSSR count). The number of nitrogens with one attached hydrogen (secondary N) is 2. The van der Waals surface area contributed by atoms with Gasteiger partial charge in [0.05, 0.1) is 61.9 Å². The average Bonchev–Trinajstić information content (AvgIpc) is 3.21. The van der Waals surface area contributed by atoms with Crippen LogP contribution in [0.3, 0.4) is 0 Å². The van der Waals surface area contributed by atoms with E-state index in [4.69, 9.17) is 25.8 Å². The number of rotatable bonds is 7. The molecular weight excluding hydrogens is 422 g/mol. The average molecular weight is 444 g/mol. The highest BCUT2D eigenvalue weighted by atomic mass is 35.5. The molecule has 0 saturated carbocycles. The Balaban J connectivity index is 1.67. The van der Waals surface area contributed by atoms with E-state index in [0.29, 0.717) is 53.3 Å². The number of hydrogen-bond donors (Lipinski definition) is 2. The first-order chi connectivity index (χ1) is 15.0. The lowest BCUT2D eigenvalue weighted by molar-refractivity contribution is -0.110. The van der Waals surface area contributed by atoms with Crippen molar-refractivity contribution in [3.05, 3.63) is 35.1 Å². The summed E-state index contributed by atoms with van der Waals surface area (Å²) < 4.78 is 16.3. The van der Waals surface area contributed by atoms with E-state index >= 15 is 0 Å². The van der Waals surface area contributed by atoms with Crippen molar-refractivity contribution >= 4 is 34.9 Å². The van der Waals surface area contributed by atoms with Crippen molar-refractivity contribution in [1.29, 1.82) is 0 Å². The molecule has 10 heteroatoms. The third kappa shape index (κ3) is 4.06. The van der Waals surface area contributed by atoms with Crippen molar-refractivity contribution in [2.24, 2.45) is 0 Å². The van der Waals surface area contributed by atoms with Gasteiger partial charge in [0.25, 0.3) is 0 Å². The normalized spacial score (nSPS) is 18.1. The van der Waals surface area contributed by atoms with Crippen LogP contribution in [0.1, 0.15) is 5.56 Å². The number of ether oxygens (including phenoxy) is 3. The second-order valence-electron chi connectivity index (χ2n) is 7.10. The van der Waals surface area contributed by atoms with Gasteiger partial charge in [0.15, 0.2) is 0 Å². The van der Waals surface area contributed by atoms with Crippen molar-refractivity contribution in [3.63, 3.8) is 0 Å². The van der Waals surface area contributed by atoms with Gasteiger partial charge in [-0.05, 0) is 13.0 Å². The van der Waals surface area contributed by atoms with Gasteiger partial charge in [-0.2, -0.15) is 0 Å². The van der Waals surface area contributed by atoms with E-state index in [9.17, 15) is 4.79 Å². The van der Waals surface area contributed by atoms with Crippen LogP contribution in [0.4, 0.5) is 5.95 Å². The molecule has 1 aromatic carbocycles. The second-order valence-corrected chi connectivity index (χ2v) is 7.47. The Labute approximate surface area is 184 Å². The van der Waals surface area contributed by atoms with Gasteiger partial charge in [0.2, 0.25) is 12.4 Å². The number of anilines is 1. The fourth-order valence-corrected chi connectivity index (χ4v) is 3.99. The van der Waals surface area contributed by atoms with E-state index < -0.39 is 0 Å². The predicted octanol–water partition coefficient (Wildman–Crippen LogP) is 2.60. The molecule has 1 aliphatic rings. The summed E-state index contributed by atoms with van der Waals surface area (Å²) in [6, 6.07) is 3.38. The summed E-state index contributed by atoms with van der Waals surface area (Å²) in [6.45, 7) is 2.82. The van der Waals surface area contributed by atoms with Crippen LogP contribution in [-0.4, -0.2) is 60.9 Å². The maximum atomic E-state index is 10.8. The molecule has 2 unspecified atom stereocenters. The van der Waals surface area contributed by atoms with Gasteiger partial charge in [0, 0.05) is 28.8 Å². The smallest absolute Gasteiger partial charge is 0.223 e. The SMILES string of the molecule is COc1cc(OC)c(Cl)c(-c2cc3cnc(NC4COCC4NC=O)nc3cn2)c1C. The first-order valence-corrected chi connectivity index (χ1v) is 10.0. The number of aromatic nitrogens is 3. The quantitative estimate of drug-likeness (QED) is 0.536. The van der Waals surface area contributed by atoms with Crippen LogP contribution in [0.2, 0.25) is 5.02 Å². The van der Waals surface area contributed by atoms with Crippen LogP contribution in [-0.2, 0) is 9.53 Å². The fourth-order valence-electron chi connectivity index (χ4n) is 3.62. The van der Waals surface area contributed by atoms with Gasteiger partial charge >= 0.3 is 0 Å². The number of hydrogen-bond acceptors (Lipinski definition) is 8. The van der Waals surface area contributed by atoms with Crippen LogP contribution >= 0.6 is 11.6 Å². The molecule has 162 valence electrons. The summed E-state index contributed by atoms with van der Waals surface area (Å²) >= 11 is 6.58. The number of benzene rings is 1. The Bertz CT molecular complexity index is 1100. The highest BCUT2D eigenvalue weighted by molar-refractivity contribution is 6.35. The number of halogens is 1. The molecule has 1 aliphatic heterocycles. The number of fused-ring (bicyclic) bond motifs is 1. The Hall–Kier alpha value is -3.17. The standard InChI is InChI=1S/C21H22ClN5O4/c1-11-17(29-2)5-18(30-3)20(22)19(11)13-4-12-6-24-21(26-14(12)7-23-13)27-16-9-31-8-15(16)25-10-28/h4-7,10,15-16H,8-9H2,1-3H3,(H,25,28)(H,24,26,27). The highest BCUT2D eigenvalue weighted by Gasteiger charge is 2.28. The molecule has 0 bridgehead atoms. The van der Waals surface area contributed by atoms with E-state index in [2.05, 4.69) is 25.6 Å². The Kier molecular flexibility index (Phi) is 6.06. The maximum absolute atomic E-state index is 10.8. The minimum atomic E-state index is -0.134. The monoisotopic (exact) mass is 443 g/mol. The lowest BCUT2D eigenvalue weighted by Gasteiger charge is -2.18. The molecule has 2 N–H and O–H groups in total. The van der Waals surface area contributed by atoms with Gasteiger partial charge < -0.3 is 24.8 Å². The number of methoxy groups -OCH3 is 2. The summed E-state index contributed by atoms with van der Waals surface area (Å²) in [5.41, 5.74) is 2.92. The summed E-state index contributed by atoms with van der Waals surface area (Å²) in [6.07, 6.45) is 4.06. The molecule has 0 radical (unpaired) electrons. The van der Waals surface area contributed by atoms with Crippen molar-refractivity contribution in [1.82, 2.24) is 20.3 Å². The zero-order valence-corrected chi connectivity index (χ0v) is 18.1. The topological polar surface area (TPSA) is 107 Å². The number of carbonyl (C=O) groups excluding carboxylic acids is 1. The van der Waals surface area contributed by atoms with E-state index in [1.807, 2.05) is 13.0 Å². The minimum absolute atomic E-state index is 0.111. The summed E-state index contributed by atoms with van der Waals surface area (Å²) in [5.74, 6) is 1.60. The van der Waals surface area contributed by atoms with Gasteiger partial charge in [-0.1, -0.05) is 11.6 Å². The molecule has 31 heavy (non-hydrogen) atoms. The first kappa shape index (κ1) is 21.1. The molecule has 0 spiro atoms. The fraction of sp³-hybridized carbons (Fsp3) is 0.333. The van der Waals surface area contributed by atoms with Crippen molar-refractivity contribution in [2.75, 3.05) is 32.8 Å². The van der Waals surface area contributed by atoms with E-state index in [1.165, 1.54) is 0 Å². The number of nitrogens with zero attached hydrogens (tertiary/aromatic N) is 3. The van der Waals surface area contributed by atoms with E-state index in [1.54, 1.807) is 32.7 Å². The lowest BCUT2D eigenvalue weighted by Crippen LogP contribution is -2.42. The molecule has 1 fully saturated rings. The molecule has 2 aromatic heterocycles. The molecule has 3 aromatic rings. The zero-order valence-electron chi connectivity index (χ0n) is 17.3. The Morgan fingerprint density at radius 2 is 1.90 bits per heavy atom. The van der Waals surface area contributed by atoms with Crippen LogP contribution < -0.4 is 20.1 Å². The van der Waals surface area contributed by atoms with Gasteiger partial charge in [0.1, 0.15) is 11.5 Å². The minimum Gasteiger partial charge on any atom is -0.496 e. The van der Waals surface area contributed by atoms with Gasteiger partial charge in [-0.15, -0.1) is 0 Å². The van der Waals surface area contributed by atoms with E-state index in [-0.39, 0.29) is 12.1 Å². The zero-order chi connectivity index (χ0) is 22.0. The van der Waals surface area contributed by atoms with Crippen LogP contribution in [0.5, 0.6) is 11.5 Å².